The standard InChI is InChI=1S/C16H18F2OSi/c1-20(2)14-10-8-13(9-11-14)16(17,18)15(19)12-6-4-3-5-7-12/h3-10,14,20H,11H2,1-2H3. The van der Waals surface area contributed by atoms with Gasteiger partial charge in [0.1, 0.15) is 0 Å². The zero-order chi connectivity index (χ0) is 14.8. The average Bonchev–Trinajstić information content (AvgIpc) is 2.47. The molecule has 1 unspecified atom stereocenters. The summed E-state index contributed by atoms with van der Waals surface area (Å²) in [5.74, 6) is -4.57. The fraction of sp³-hybridized carbons (Fsp3) is 0.312. The molecule has 0 bridgehead atoms. The lowest BCUT2D eigenvalue weighted by atomic mass is 9.95. The maximum atomic E-state index is 14.3. The minimum absolute atomic E-state index is 0.0483. The van der Waals surface area contributed by atoms with Gasteiger partial charge in [-0.15, -0.1) is 0 Å². The van der Waals surface area contributed by atoms with Gasteiger partial charge in [0.05, 0.1) is 0 Å². The van der Waals surface area contributed by atoms with E-state index in [2.05, 4.69) is 13.1 Å². The second-order valence-corrected chi connectivity index (χ2v) is 8.78. The van der Waals surface area contributed by atoms with Gasteiger partial charge < -0.3 is 0 Å². The normalized spacial score (nSPS) is 19.1. The third-order valence-electron chi connectivity index (χ3n) is 3.67. The van der Waals surface area contributed by atoms with Crippen molar-refractivity contribution in [1.82, 2.24) is 0 Å². The molecular weight excluding hydrogens is 274 g/mol. The van der Waals surface area contributed by atoms with E-state index in [0.717, 1.165) is 0 Å². The Labute approximate surface area is 119 Å². The summed E-state index contributed by atoms with van der Waals surface area (Å²) in [6, 6.07) is 7.73. The lowest BCUT2D eigenvalue weighted by Crippen LogP contribution is -2.31. The van der Waals surface area contributed by atoms with Crippen molar-refractivity contribution in [1.29, 1.82) is 0 Å². The molecule has 0 spiro atoms. The number of allylic oxidation sites excluding steroid dienone is 4. The fourth-order valence-electron chi connectivity index (χ4n) is 2.27. The zero-order valence-corrected chi connectivity index (χ0v) is 12.8. The van der Waals surface area contributed by atoms with Gasteiger partial charge in [-0.3, -0.25) is 4.79 Å². The molecule has 0 N–H and O–H groups in total. The third kappa shape index (κ3) is 2.95. The second-order valence-electron chi connectivity index (χ2n) is 5.43. The molecule has 106 valence electrons. The lowest BCUT2D eigenvalue weighted by molar-refractivity contribution is 0.0336. The molecule has 0 fully saturated rings. The highest BCUT2D eigenvalue weighted by Crippen LogP contribution is 2.35. The Hall–Kier alpha value is -1.55. The van der Waals surface area contributed by atoms with Crippen molar-refractivity contribution in [3.8, 4) is 0 Å². The largest absolute Gasteiger partial charge is 0.334 e. The van der Waals surface area contributed by atoms with Gasteiger partial charge in [0.2, 0.25) is 5.78 Å². The van der Waals surface area contributed by atoms with E-state index < -0.39 is 20.5 Å². The molecule has 0 amide bonds. The van der Waals surface area contributed by atoms with Gasteiger partial charge in [-0.1, -0.05) is 61.7 Å². The highest BCUT2D eigenvalue weighted by Gasteiger charge is 2.42. The molecule has 1 aromatic rings. The summed E-state index contributed by atoms with van der Waals surface area (Å²) >= 11 is 0. The van der Waals surface area contributed by atoms with Crippen LogP contribution in [0.25, 0.3) is 0 Å². The number of carbonyl (C=O) groups is 1. The number of alkyl halides is 2. The Morgan fingerprint density at radius 3 is 2.40 bits per heavy atom. The number of hydrogen-bond acceptors (Lipinski definition) is 1. The molecule has 2 rings (SSSR count). The molecule has 1 aliphatic carbocycles. The van der Waals surface area contributed by atoms with Crippen LogP contribution in [0.4, 0.5) is 8.78 Å². The van der Waals surface area contributed by atoms with Crippen LogP contribution in [0.5, 0.6) is 0 Å². The van der Waals surface area contributed by atoms with Crippen LogP contribution in [0.3, 0.4) is 0 Å². The first kappa shape index (κ1) is 14.8. The predicted octanol–water partition coefficient (Wildman–Crippen LogP) is 4.25. The van der Waals surface area contributed by atoms with Gasteiger partial charge in [-0.25, -0.2) is 0 Å². The summed E-state index contributed by atoms with van der Waals surface area (Å²) in [6.07, 6.45) is 5.42. The van der Waals surface area contributed by atoms with E-state index >= 15 is 0 Å². The van der Waals surface area contributed by atoms with Gasteiger partial charge in [-0.05, 0) is 12.0 Å². The molecular formula is C16H18F2OSi. The Kier molecular flexibility index (Phi) is 4.33. The Morgan fingerprint density at radius 1 is 1.25 bits per heavy atom. The summed E-state index contributed by atoms with van der Waals surface area (Å²) in [4.78, 5) is 12.0. The van der Waals surface area contributed by atoms with Crippen molar-refractivity contribution in [2.45, 2.75) is 31.0 Å². The Bertz CT molecular complexity index is 547. The lowest BCUT2D eigenvalue weighted by Gasteiger charge is -2.23. The van der Waals surface area contributed by atoms with Crippen LogP contribution in [0.1, 0.15) is 16.8 Å². The summed E-state index contributed by atoms with van der Waals surface area (Å²) < 4.78 is 28.5. The van der Waals surface area contributed by atoms with Crippen LogP contribution in [-0.2, 0) is 0 Å². The monoisotopic (exact) mass is 292 g/mol. The smallest absolute Gasteiger partial charge is 0.287 e. The summed E-state index contributed by atoms with van der Waals surface area (Å²) in [6.45, 7) is 4.39. The van der Waals surface area contributed by atoms with Crippen molar-refractivity contribution >= 4 is 14.6 Å². The molecule has 1 aromatic carbocycles. The van der Waals surface area contributed by atoms with Crippen LogP contribution in [0.15, 0.2) is 54.1 Å². The van der Waals surface area contributed by atoms with Gasteiger partial charge in [0, 0.05) is 19.9 Å². The summed E-state index contributed by atoms with van der Waals surface area (Å²) in [5.41, 5.74) is 0.283. The molecule has 0 saturated heterocycles. The van der Waals surface area contributed by atoms with Gasteiger partial charge in [0.25, 0.3) is 0 Å². The quantitative estimate of drug-likeness (QED) is 0.599. The van der Waals surface area contributed by atoms with E-state index in [-0.39, 0.29) is 11.1 Å². The Balaban J connectivity index is 2.20. The molecule has 0 aromatic heterocycles. The molecule has 0 heterocycles. The molecule has 0 aliphatic heterocycles. The van der Waals surface area contributed by atoms with Crippen molar-refractivity contribution in [3.05, 3.63) is 59.7 Å². The Morgan fingerprint density at radius 2 is 1.90 bits per heavy atom. The average molecular weight is 292 g/mol. The van der Waals surface area contributed by atoms with E-state index in [4.69, 9.17) is 0 Å². The minimum Gasteiger partial charge on any atom is -0.287 e. The van der Waals surface area contributed by atoms with E-state index in [0.29, 0.717) is 12.0 Å². The molecule has 1 nitrogen and oxygen atoms in total. The van der Waals surface area contributed by atoms with Gasteiger partial charge in [-0.2, -0.15) is 8.78 Å². The topological polar surface area (TPSA) is 17.1 Å². The number of benzene rings is 1. The molecule has 0 saturated carbocycles. The highest BCUT2D eigenvalue weighted by atomic mass is 28.3. The maximum Gasteiger partial charge on any atom is 0.334 e. The fourth-order valence-corrected chi connectivity index (χ4v) is 3.50. The van der Waals surface area contributed by atoms with Crippen LogP contribution in [-0.4, -0.2) is 20.5 Å². The molecule has 4 heteroatoms. The first-order valence-electron chi connectivity index (χ1n) is 6.79. The van der Waals surface area contributed by atoms with Crippen LogP contribution < -0.4 is 0 Å². The van der Waals surface area contributed by atoms with Crippen molar-refractivity contribution in [3.63, 3.8) is 0 Å². The molecule has 0 radical (unpaired) electrons. The third-order valence-corrected chi connectivity index (χ3v) is 5.88. The number of ketones is 1. The van der Waals surface area contributed by atoms with Gasteiger partial charge in [0.15, 0.2) is 0 Å². The minimum atomic E-state index is -3.44. The predicted molar refractivity (Wildman–Crippen MR) is 80.2 cm³/mol. The van der Waals surface area contributed by atoms with Crippen LogP contribution >= 0.6 is 0 Å². The maximum absolute atomic E-state index is 14.3. The van der Waals surface area contributed by atoms with Crippen LogP contribution in [0, 0.1) is 0 Å². The van der Waals surface area contributed by atoms with Crippen LogP contribution in [0.2, 0.25) is 18.6 Å². The zero-order valence-electron chi connectivity index (χ0n) is 11.6. The van der Waals surface area contributed by atoms with E-state index in [1.807, 2.05) is 6.08 Å². The summed E-state index contributed by atoms with van der Waals surface area (Å²) in [5, 5.41) is 0. The first-order chi connectivity index (χ1) is 9.43. The SMILES string of the molecule is C[SiH](C)C1C=CC(C(F)(F)C(=O)c2ccccc2)=CC1. The number of rotatable bonds is 4. The number of Topliss-reactive ketones (excluding diaryl/α,β-unsaturated/α-hetero) is 1. The van der Waals surface area contributed by atoms with Crippen molar-refractivity contribution < 1.29 is 13.6 Å². The highest BCUT2D eigenvalue weighted by molar-refractivity contribution is 6.58. The number of carbonyl (C=O) groups excluding carboxylic acids is 1. The molecule has 1 aliphatic rings. The van der Waals surface area contributed by atoms with E-state index in [9.17, 15) is 13.6 Å². The van der Waals surface area contributed by atoms with E-state index in [1.165, 1.54) is 24.3 Å². The van der Waals surface area contributed by atoms with Crippen molar-refractivity contribution in [2.24, 2.45) is 0 Å². The molecule has 20 heavy (non-hydrogen) atoms. The van der Waals surface area contributed by atoms with E-state index in [1.54, 1.807) is 18.2 Å². The van der Waals surface area contributed by atoms with Crippen molar-refractivity contribution in [2.75, 3.05) is 0 Å². The van der Waals surface area contributed by atoms with Gasteiger partial charge >= 0.3 is 5.92 Å². The first-order valence-corrected chi connectivity index (χ1v) is 9.77. The number of hydrogen-bond donors (Lipinski definition) is 0. The number of halogens is 2. The summed E-state index contributed by atoms with van der Waals surface area (Å²) in [7, 11) is -0.878. The second kappa shape index (κ2) is 5.83. The molecule has 1 atom stereocenters.